The molecule has 2 atom stereocenters. The van der Waals surface area contributed by atoms with Crippen LogP contribution in [0, 0.1) is 9.49 Å². The van der Waals surface area contributed by atoms with Gasteiger partial charge in [0.15, 0.2) is 0 Å². The van der Waals surface area contributed by atoms with Crippen molar-refractivity contribution >= 4 is 28.4 Å². The zero-order chi connectivity index (χ0) is 12.3. The minimum Gasteiger partial charge on any atom is -0.369 e. The van der Waals surface area contributed by atoms with Gasteiger partial charge in [0.05, 0.1) is 6.33 Å². The Hall–Kier alpha value is -0.630. The molecule has 1 fully saturated rings. The average molecular weight is 348 g/mol. The highest BCUT2D eigenvalue weighted by molar-refractivity contribution is 14.1. The van der Waals surface area contributed by atoms with Crippen molar-refractivity contribution in [2.75, 3.05) is 11.9 Å². The molecule has 1 saturated carbocycles. The molecule has 1 aliphatic carbocycles. The van der Waals surface area contributed by atoms with Gasteiger partial charge >= 0.3 is 0 Å². The van der Waals surface area contributed by atoms with E-state index in [0.29, 0.717) is 15.3 Å². The Kier molecular flexibility index (Phi) is 4.38. The van der Waals surface area contributed by atoms with Crippen LogP contribution in [0.2, 0.25) is 0 Å². The molecule has 0 saturated heterocycles. The molecule has 0 bridgehead atoms. The highest BCUT2D eigenvalue weighted by Gasteiger charge is 2.21. The van der Waals surface area contributed by atoms with E-state index in [1.165, 1.54) is 19.2 Å². The Morgan fingerprint density at radius 2 is 2.29 bits per heavy atom. The number of aromatic amines is 1. The molecule has 0 radical (unpaired) electrons. The number of aromatic nitrogens is 2. The minimum atomic E-state index is -0.101. The molecule has 5 nitrogen and oxygen atoms in total. The van der Waals surface area contributed by atoms with E-state index in [1.807, 2.05) is 22.6 Å². The third-order valence-electron chi connectivity index (χ3n) is 3.30. The highest BCUT2D eigenvalue weighted by Crippen LogP contribution is 2.23. The summed E-state index contributed by atoms with van der Waals surface area (Å²) in [6, 6.07) is 0.274. The van der Waals surface area contributed by atoms with E-state index in [-0.39, 0.29) is 11.6 Å². The van der Waals surface area contributed by atoms with E-state index in [2.05, 4.69) is 15.3 Å². The van der Waals surface area contributed by atoms with Gasteiger partial charge in [0.2, 0.25) is 0 Å². The number of hydrogen-bond donors (Lipinski definition) is 3. The summed E-state index contributed by atoms with van der Waals surface area (Å²) >= 11 is 2.00. The molecule has 4 N–H and O–H groups in total. The summed E-state index contributed by atoms with van der Waals surface area (Å²) in [6.45, 7) is 0.799. The lowest BCUT2D eigenvalue weighted by Gasteiger charge is -2.28. The Bertz CT molecular complexity index is 434. The Labute approximate surface area is 114 Å². The summed E-state index contributed by atoms with van der Waals surface area (Å²) < 4.78 is 0.606. The lowest BCUT2D eigenvalue weighted by atomic mass is 9.85. The van der Waals surface area contributed by atoms with Crippen molar-refractivity contribution in [1.82, 2.24) is 9.97 Å². The predicted molar refractivity (Wildman–Crippen MR) is 76.0 cm³/mol. The first-order chi connectivity index (χ1) is 8.18. The standard InChI is InChI=1S/C11H17IN4O/c12-9-10(15-6-16-11(9)17)14-5-7-3-1-2-4-8(7)13/h6-8H,1-5,13H2,(H2,14,15,16,17). The quantitative estimate of drug-likeness (QED) is 0.719. The van der Waals surface area contributed by atoms with E-state index in [1.54, 1.807) is 0 Å². The SMILES string of the molecule is NC1CCCCC1CNc1nc[nH]c(=O)c1I. The molecule has 2 unspecified atom stereocenters. The number of rotatable bonds is 3. The van der Waals surface area contributed by atoms with Gasteiger partial charge in [-0.05, 0) is 41.4 Å². The fourth-order valence-electron chi connectivity index (χ4n) is 2.22. The molecule has 2 rings (SSSR count). The van der Waals surface area contributed by atoms with Crippen LogP contribution >= 0.6 is 22.6 Å². The number of H-pyrrole nitrogens is 1. The third kappa shape index (κ3) is 3.19. The van der Waals surface area contributed by atoms with Crippen LogP contribution in [0.3, 0.4) is 0 Å². The van der Waals surface area contributed by atoms with Crippen molar-refractivity contribution in [3.63, 3.8) is 0 Å². The molecule has 1 heterocycles. The van der Waals surface area contributed by atoms with E-state index < -0.39 is 0 Å². The Morgan fingerprint density at radius 3 is 3.06 bits per heavy atom. The number of nitrogens with two attached hydrogens (primary N) is 1. The van der Waals surface area contributed by atoms with Crippen molar-refractivity contribution in [2.24, 2.45) is 11.7 Å². The molecule has 17 heavy (non-hydrogen) atoms. The van der Waals surface area contributed by atoms with E-state index in [9.17, 15) is 4.79 Å². The predicted octanol–water partition coefficient (Wildman–Crippen LogP) is 1.30. The molecular weight excluding hydrogens is 331 g/mol. The zero-order valence-corrected chi connectivity index (χ0v) is 11.7. The van der Waals surface area contributed by atoms with Crippen LogP contribution < -0.4 is 16.6 Å². The molecule has 0 amide bonds. The number of nitrogens with one attached hydrogen (secondary N) is 2. The first kappa shape index (κ1) is 12.8. The monoisotopic (exact) mass is 348 g/mol. The van der Waals surface area contributed by atoms with Crippen LogP contribution in [0.4, 0.5) is 5.82 Å². The molecule has 1 aliphatic rings. The normalized spacial score (nSPS) is 24.6. The van der Waals surface area contributed by atoms with E-state index in [4.69, 9.17) is 5.73 Å². The first-order valence-electron chi connectivity index (χ1n) is 5.91. The molecule has 0 spiro atoms. The summed E-state index contributed by atoms with van der Waals surface area (Å²) in [7, 11) is 0. The summed E-state index contributed by atoms with van der Waals surface area (Å²) in [4.78, 5) is 18.1. The summed E-state index contributed by atoms with van der Waals surface area (Å²) in [5, 5.41) is 3.24. The van der Waals surface area contributed by atoms with E-state index in [0.717, 1.165) is 19.4 Å². The van der Waals surface area contributed by atoms with Crippen LogP contribution in [-0.2, 0) is 0 Å². The zero-order valence-electron chi connectivity index (χ0n) is 9.58. The molecule has 1 aromatic rings. The molecule has 0 aromatic carbocycles. The topological polar surface area (TPSA) is 83.8 Å². The molecule has 94 valence electrons. The molecular formula is C11H17IN4O. The van der Waals surface area contributed by atoms with Gasteiger partial charge in [-0.1, -0.05) is 12.8 Å². The fraction of sp³-hybridized carbons (Fsp3) is 0.636. The van der Waals surface area contributed by atoms with Crippen LogP contribution in [-0.4, -0.2) is 22.6 Å². The van der Waals surface area contributed by atoms with Crippen molar-refractivity contribution in [1.29, 1.82) is 0 Å². The van der Waals surface area contributed by atoms with Gasteiger partial charge in [-0.3, -0.25) is 4.79 Å². The van der Waals surface area contributed by atoms with Crippen molar-refractivity contribution < 1.29 is 0 Å². The second kappa shape index (κ2) is 5.81. The van der Waals surface area contributed by atoms with Gasteiger partial charge in [-0.2, -0.15) is 0 Å². The maximum absolute atomic E-state index is 11.4. The second-order valence-electron chi connectivity index (χ2n) is 4.48. The van der Waals surface area contributed by atoms with E-state index >= 15 is 0 Å². The Balaban J connectivity index is 1.97. The second-order valence-corrected chi connectivity index (χ2v) is 5.56. The number of halogens is 1. The molecule has 6 heteroatoms. The average Bonchev–Trinajstić information content (AvgIpc) is 2.33. The number of nitrogens with zero attached hydrogens (tertiary/aromatic N) is 1. The minimum absolute atomic E-state index is 0.101. The van der Waals surface area contributed by atoms with Crippen molar-refractivity contribution in [3.8, 4) is 0 Å². The number of hydrogen-bond acceptors (Lipinski definition) is 4. The Morgan fingerprint density at radius 1 is 1.53 bits per heavy atom. The maximum Gasteiger partial charge on any atom is 0.266 e. The van der Waals surface area contributed by atoms with Crippen LogP contribution in [0.15, 0.2) is 11.1 Å². The summed E-state index contributed by atoms with van der Waals surface area (Å²) in [5.74, 6) is 1.15. The lowest BCUT2D eigenvalue weighted by Crippen LogP contribution is -2.37. The molecule has 0 aliphatic heterocycles. The lowest BCUT2D eigenvalue weighted by molar-refractivity contribution is 0.321. The van der Waals surface area contributed by atoms with Gasteiger partial charge in [-0.15, -0.1) is 0 Å². The van der Waals surface area contributed by atoms with Crippen molar-refractivity contribution in [3.05, 3.63) is 20.3 Å². The van der Waals surface area contributed by atoms with Gasteiger partial charge in [0, 0.05) is 12.6 Å². The van der Waals surface area contributed by atoms with Gasteiger partial charge < -0.3 is 16.0 Å². The fourth-order valence-corrected chi connectivity index (χ4v) is 2.71. The van der Waals surface area contributed by atoms with Gasteiger partial charge in [0.1, 0.15) is 9.39 Å². The van der Waals surface area contributed by atoms with Crippen LogP contribution in [0.1, 0.15) is 25.7 Å². The summed E-state index contributed by atoms with van der Waals surface area (Å²) in [6.07, 6.45) is 6.17. The van der Waals surface area contributed by atoms with Gasteiger partial charge in [-0.25, -0.2) is 4.98 Å². The third-order valence-corrected chi connectivity index (χ3v) is 4.30. The van der Waals surface area contributed by atoms with Gasteiger partial charge in [0.25, 0.3) is 5.56 Å². The van der Waals surface area contributed by atoms with Crippen LogP contribution in [0.5, 0.6) is 0 Å². The smallest absolute Gasteiger partial charge is 0.266 e. The maximum atomic E-state index is 11.4. The molecule has 1 aromatic heterocycles. The van der Waals surface area contributed by atoms with Crippen molar-refractivity contribution in [2.45, 2.75) is 31.7 Å². The summed E-state index contributed by atoms with van der Waals surface area (Å²) in [5.41, 5.74) is 5.98. The largest absolute Gasteiger partial charge is 0.369 e. The highest BCUT2D eigenvalue weighted by atomic mass is 127. The number of anilines is 1. The first-order valence-corrected chi connectivity index (χ1v) is 6.99. The van der Waals surface area contributed by atoms with Crippen LogP contribution in [0.25, 0.3) is 0 Å².